The van der Waals surface area contributed by atoms with E-state index in [0.29, 0.717) is 36.9 Å². The minimum Gasteiger partial charge on any atom is -0.393 e. The number of anilines is 1. The lowest BCUT2D eigenvalue weighted by atomic mass is 9.94. The number of halogens is 1. The molecular weight excluding hydrogens is 364 g/mol. The highest BCUT2D eigenvalue weighted by Crippen LogP contribution is 2.28. The zero-order valence-electron chi connectivity index (χ0n) is 13.4. The van der Waals surface area contributed by atoms with Crippen LogP contribution in [0.3, 0.4) is 0 Å². The molecule has 0 saturated heterocycles. The van der Waals surface area contributed by atoms with Gasteiger partial charge in [0.05, 0.1) is 29.2 Å². The zero-order valence-corrected chi connectivity index (χ0v) is 15.0. The van der Waals surface area contributed by atoms with Crippen LogP contribution in [0.4, 0.5) is 5.82 Å². The molecule has 134 valence electrons. The summed E-state index contributed by atoms with van der Waals surface area (Å²) in [4.78, 5) is 8.11. The predicted molar refractivity (Wildman–Crippen MR) is 95.5 cm³/mol. The van der Waals surface area contributed by atoms with E-state index in [1.165, 1.54) is 24.5 Å². The zero-order chi connectivity index (χ0) is 18.0. The molecule has 0 unspecified atom stereocenters. The van der Waals surface area contributed by atoms with Crippen LogP contribution in [0.2, 0.25) is 5.02 Å². The SMILES string of the molecule is Nc1cnc(-c2ccc(Cl)c(S(=O)(=O)N[C@H]3CC[C@@H](O)CC3)c2)cn1. The number of aliphatic hydroxyl groups is 1. The minimum absolute atomic E-state index is 0.00332. The molecule has 0 amide bonds. The molecule has 1 aliphatic carbocycles. The second-order valence-electron chi connectivity index (χ2n) is 6.10. The molecule has 7 nitrogen and oxygen atoms in total. The van der Waals surface area contributed by atoms with Crippen LogP contribution >= 0.6 is 11.6 Å². The van der Waals surface area contributed by atoms with Gasteiger partial charge in [0.25, 0.3) is 0 Å². The summed E-state index contributed by atoms with van der Waals surface area (Å²) < 4.78 is 28.1. The largest absolute Gasteiger partial charge is 0.393 e. The average Bonchev–Trinajstić information content (AvgIpc) is 2.58. The summed E-state index contributed by atoms with van der Waals surface area (Å²) in [6, 6.07) is 4.47. The van der Waals surface area contributed by atoms with Crippen molar-refractivity contribution in [1.82, 2.24) is 14.7 Å². The van der Waals surface area contributed by atoms with E-state index in [1.807, 2.05) is 0 Å². The van der Waals surface area contributed by atoms with Crippen LogP contribution in [0.1, 0.15) is 25.7 Å². The van der Waals surface area contributed by atoms with Crippen molar-refractivity contribution in [3.63, 3.8) is 0 Å². The van der Waals surface area contributed by atoms with Crippen molar-refractivity contribution in [3.8, 4) is 11.3 Å². The van der Waals surface area contributed by atoms with Crippen LogP contribution in [0.5, 0.6) is 0 Å². The van der Waals surface area contributed by atoms with Crippen molar-refractivity contribution < 1.29 is 13.5 Å². The molecule has 0 aliphatic heterocycles. The van der Waals surface area contributed by atoms with E-state index >= 15 is 0 Å². The van der Waals surface area contributed by atoms with Crippen LogP contribution in [-0.2, 0) is 10.0 Å². The van der Waals surface area contributed by atoms with E-state index in [9.17, 15) is 13.5 Å². The Hall–Kier alpha value is -1.74. The smallest absolute Gasteiger partial charge is 0.242 e. The van der Waals surface area contributed by atoms with Crippen LogP contribution in [0.25, 0.3) is 11.3 Å². The molecule has 3 rings (SSSR count). The van der Waals surface area contributed by atoms with E-state index in [4.69, 9.17) is 17.3 Å². The van der Waals surface area contributed by atoms with Crippen molar-refractivity contribution in [3.05, 3.63) is 35.6 Å². The molecule has 0 radical (unpaired) electrons. The first-order valence-electron chi connectivity index (χ1n) is 7.93. The summed E-state index contributed by atoms with van der Waals surface area (Å²) in [5.41, 5.74) is 6.61. The topological polar surface area (TPSA) is 118 Å². The molecule has 2 aromatic rings. The molecule has 1 fully saturated rings. The summed E-state index contributed by atoms with van der Waals surface area (Å²) in [6.07, 6.45) is 4.90. The number of aliphatic hydroxyl groups excluding tert-OH is 1. The molecular formula is C16H19ClN4O3S. The third kappa shape index (κ3) is 4.27. The molecule has 25 heavy (non-hydrogen) atoms. The van der Waals surface area contributed by atoms with E-state index in [2.05, 4.69) is 14.7 Å². The van der Waals surface area contributed by atoms with E-state index < -0.39 is 10.0 Å². The summed E-state index contributed by atoms with van der Waals surface area (Å²) in [5.74, 6) is 0.284. The van der Waals surface area contributed by atoms with Gasteiger partial charge in [-0.3, -0.25) is 4.98 Å². The van der Waals surface area contributed by atoms with E-state index in [1.54, 1.807) is 6.07 Å². The Morgan fingerprint density at radius 2 is 1.88 bits per heavy atom. The highest BCUT2D eigenvalue weighted by molar-refractivity contribution is 7.89. The van der Waals surface area contributed by atoms with Crippen molar-refractivity contribution in [1.29, 1.82) is 0 Å². The highest BCUT2D eigenvalue weighted by Gasteiger charge is 2.26. The van der Waals surface area contributed by atoms with Gasteiger partial charge in [-0.05, 0) is 37.8 Å². The molecule has 1 saturated carbocycles. The molecule has 0 spiro atoms. The molecule has 9 heteroatoms. The predicted octanol–water partition coefficient (Wildman–Crippen LogP) is 1.96. The fourth-order valence-corrected chi connectivity index (χ4v) is 4.66. The Labute approximate surface area is 151 Å². The van der Waals surface area contributed by atoms with Gasteiger partial charge in [-0.1, -0.05) is 17.7 Å². The Bertz CT molecular complexity index is 850. The molecule has 0 bridgehead atoms. The van der Waals surface area contributed by atoms with Crippen molar-refractivity contribution >= 4 is 27.4 Å². The number of sulfonamides is 1. The first-order valence-corrected chi connectivity index (χ1v) is 9.79. The first-order chi connectivity index (χ1) is 11.8. The van der Waals surface area contributed by atoms with Gasteiger partial charge in [0.2, 0.25) is 10.0 Å². The Balaban J connectivity index is 1.87. The number of rotatable bonds is 4. The number of nitrogen functional groups attached to an aromatic ring is 1. The normalized spacial score (nSPS) is 21.2. The second kappa shape index (κ2) is 7.25. The third-order valence-electron chi connectivity index (χ3n) is 4.21. The Morgan fingerprint density at radius 3 is 2.52 bits per heavy atom. The Morgan fingerprint density at radius 1 is 1.16 bits per heavy atom. The highest BCUT2D eigenvalue weighted by atomic mass is 35.5. The molecule has 1 aromatic carbocycles. The number of hydrogen-bond acceptors (Lipinski definition) is 6. The maximum Gasteiger partial charge on any atom is 0.242 e. The summed E-state index contributed by atoms with van der Waals surface area (Å²) in [6.45, 7) is 0. The fourth-order valence-electron chi connectivity index (χ4n) is 2.83. The molecule has 4 N–H and O–H groups in total. The molecule has 0 atom stereocenters. The average molecular weight is 383 g/mol. The standard InChI is InChI=1S/C16H19ClN4O3S/c17-13-6-1-10(14-8-20-16(18)9-19-14)7-15(13)25(23,24)21-11-2-4-12(22)5-3-11/h1,6-9,11-12,21-22H,2-5H2,(H2,18,20)/t11-,12+. The van der Waals surface area contributed by atoms with Crippen molar-refractivity contribution in [2.24, 2.45) is 0 Å². The maximum atomic E-state index is 12.7. The fraction of sp³-hybridized carbons (Fsp3) is 0.375. The molecule has 1 aliphatic rings. The summed E-state index contributed by atoms with van der Waals surface area (Å²) >= 11 is 6.12. The van der Waals surface area contributed by atoms with Gasteiger partial charge in [0.1, 0.15) is 10.7 Å². The van der Waals surface area contributed by atoms with Gasteiger partial charge in [-0.15, -0.1) is 0 Å². The maximum absolute atomic E-state index is 12.7. The number of nitrogens with zero attached hydrogens (tertiary/aromatic N) is 2. The van der Waals surface area contributed by atoms with E-state index in [-0.39, 0.29) is 27.9 Å². The van der Waals surface area contributed by atoms with Crippen LogP contribution in [-0.4, -0.2) is 35.6 Å². The van der Waals surface area contributed by atoms with Crippen LogP contribution in [0, 0.1) is 0 Å². The third-order valence-corrected chi connectivity index (χ3v) is 6.21. The van der Waals surface area contributed by atoms with Crippen molar-refractivity contribution in [2.45, 2.75) is 42.7 Å². The quantitative estimate of drug-likeness (QED) is 0.743. The number of benzene rings is 1. The lowest BCUT2D eigenvalue weighted by Gasteiger charge is -2.26. The van der Waals surface area contributed by atoms with Gasteiger partial charge in [0.15, 0.2) is 0 Å². The second-order valence-corrected chi connectivity index (χ2v) is 8.19. The summed E-state index contributed by atoms with van der Waals surface area (Å²) in [7, 11) is -3.78. The van der Waals surface area contributed by atoms with Gasteiger partial charge >= 0.3 is 0 Å². The number of aromatic nitrogens is 2. The number of nitrogens with one attached hydrogen (secondary N) is 1. The van der Waals surface area contributed by atoms with Gasteiger partial charge < -0.3 is 10.8 Å². The monoisotopic (exact) mass is 382 g/mol. The van der Waals surface area contributed by atoms with E-state index in [0.717, 1.165) is 0 Å². The van der Waals surface area contributed by atoms with Crippen molar-refractivity contribution in [2.75, 3.05) is 5.73 Å². The van der Waals surface area contributed by atoms with Crippen LogP contribution < -0.4 is 10.5 Å². The Kier molecular flexibility index (Phi) is 5.24. The lowest BCUT2D eigenvalue weighted by Crippen LogP contribution is -2.38. The number of nitrogens with two attached hydrogens (primary N) is 1. The van der Waals surface area contributed by atoms with Gasteiger partial charge in [-0.2, -0.15) is 0 Å². The van der Waals surface area contributed by atoms with Gasteiger partial charge in [-0.25, -0.2) is 18.1 Å². The number of hydrogen-bond donors (Lipinski definition) is 3. The lowest BCUT2D eigenvalue weighted by molar-refractivity contribution is 0.120. The van der Waals surface area contributed by atoms with Crippen LogP contribution in [0.15, 0.2) is 35.5 Å². The minimum atomic E-state index is -3.78. The van der Waals surface area contributed by atoms with Gasteiger partial charge in [0, 0.05) is 11.6 Å². The molecule has 1 heterocycles. The molecule has 1 aromatic heterocycles. The summed E-state index contributed by atoms with van der Waals surface area (Å²) in [5, 5.41) is 9.68. The first kappa shape index (κ1) is 18.1.